The van der Waals surface area contributed by atoms with E-state index in [9.17, 15) is 18.5 Å². The zero-order valence-electron chi connectivity index (χ0n) is 20.1. The predicted octanol–water partition coefficient (Wildman–Crippen LogP) is 3.57. The third-order valence-electron chi connectivity index (χ3n) is 4.61. The van der Waals surface area contributed by atoms with E-state index < -0.39 is 15.7 Å². The molecule has 0 atom stereocenters. The van der Waals surface area contributed by atoms with Crippen LogP contribution in [0, 0.1) is 25.2 Å². The number of rotatable bonds is 10. The lowest BCUT2D eigenvalue weighted by molar-refractivity contribution is -0.112. The van der Waals surface area contributed by atoms with Crippen molar-refractivity contribution < 1.29 is 27.4 Å². The molecule has 188 valence electrons. The number of ether oxygens (including phenoxy) is 3. The molecule has 0 aliphatic heterocycles. The van der Waals surface area contributed by atoms with Gasteiger partial charge in [0.1, 0.15) is 30.6 Å². The smallest absolute Gasteiger partial charge is 0.268 e. The van der Waals surface area contributed by atoms with Crippen LogP contribution in [0.15, 0.2) is 46.3 Å². The lowest BCUT2D eigenvalue weighted by Crippen LogP contribution is -2.13. The van der Waals surface area contributed by atoms with Crippen molar-refractivity contribution in [1.29, 1.82) is 5.26 Å². The Balaban J connectivity index is 1.64. The zero-order chi connectivity index (χ0) is 26.3. The van der Waals surface area contributed by atoms with Gasteiger partial charge in [-0.1, -0.05) is 23.5 Å². The van der Waals surface area contributed by atoms with Crippen molar-refractivity contribution in [2.24, 2.45) is 0 Å². The molecule has 0 saturated heterocycles. The lowest BCUT2D eigenvalue weighted by Gasteiger charge is -2.13. The molecule has 0 aliphatic carbocycles. The molecule has 1 aromatic heterocycles. The van der Waals surface area contributed by atoms with Gasteiger partial charge in [0.05, 0.1) is 7.11 Å². The number of nitrogens with zero attached hydrogens (tertiary/aromatic N) is 3. The van der Waals surface area contributed by atoms with Crippen molar-refractivity contribution in [2.45, 2.75) is 18.2 Å². The molecule has 0 saturated carbocycles. The fourth-order valence-electron chi connectivity index (χ4n) is 3.11. The second kappa shape index (κ2) is 11.7. The van der Waals surface area contributed by atoms with E-state index in [0.717, 1.165) is 23.1 Å². The number of hydrogen-bond donors (Lipinski definition) is 1. The fraction of sp³-hybridized carbons (Fsp3) is 0.250. The highest BCUT2D eigenvalue weighted by atomic mass is 32.2. The third kappa shape index (κ3) is 7.27. The molecular formula is C24H24N4O6S2. The van der Waals surface area contributed by atoms with Crippen LogP contribution in [0.3, 0.4) is 0 Å². The summed E-state index contributed by atoms with van der Waals surface area (Å²) in [4.78, 5) is 12.5. The SMILES string of the molecule is COc1cc(/C=C(/C#N)C(=O)Nc2nnc(S(C)(=O)=O)s2)ccc1OCCOc1cc(C)cc(C)c1. The largest absolute Gasteiger partial charge is 0.493 e. The summed E-state index contributed by atoms with van der Waals surface area (Å²) in [6, 6.07) is 12.7. The van der Waals surface area contributed by atoms with Crippen molar-refractivity contribution in [2.75, 3.05) is 31.9 Å². The van der Waals surface area contributed by atoms with Gasteiger partial charge >= 0.3 is 0 Å². The average molecular weight is 529 g/mol. The van der Waals surface area contributed by atoms with E-state index in [1.54, 1.807) is 18.2 Å². The average Bonchev–Trinajstić information content (AvgIpc) is 3.29. The molecule has 10 nitrogen and oxygen atoms in total. The Morgan fingerprint density at radius 1 is 1.08 bits per heavy atom. The minimum atomic E-state index is -3.55. The third-order valence-corrected chi connectivity index (χ3v) is 7.12. The molecule has 3 rings (SSSR count). The van der Waals surface area contributed by atoms with Gasteiger partial charge in [-0.2, -0.15) is 5.26 Å². The van der Waals surface area contributed by atoms with E-state index >= 15 is 0 Å². The molecule has 1 heterocycles. The summed E-state index contributed by atoms with van der Waals surface area (Å²) in [6.07, 6.45) is 2.35. The van der Waals surface area contributed by atoms with Crippen LogP contribution in [-0.2, 0) is 14.6 Å². The van der Waals surface area contributed by atoms with Gasteiger partial charge in [-0.25, -0.2) is 8.42 Å². The van der Waals surface area contributed by atoms with E-state index in [2.05, 4.69) is 21.6 Å². The van der Waals surface area contributed by atoms with E-state index in [1.165, 1.54) is 13.2 Å². The summed E-state index contributed by atoms with van der Waals surface area (Å²) < 4.78 is 39.7. The molecule has 0 unspecified atom stereocenters. The maximum atomic E-state index is 12.5. The van der Waals surface area contributed by atoms with Crippen LogP contribution in [0.5, 0.6) is 17.2 Å². The number of nitrogens with one attached hydrogen (secondary N) is 1. The number of sulfone groups is 1. The van der Waals surface area contributed by atoms with Crippen LogP contribution < -0.4 is 19.5 Å². The van der Waals surface area contributed by atoms with Crippen molar-refractivity contribution in [3.05, 3.63) is 58.7 Å². The van der Waals surface area contributed by atoms with Gasteiger partial charge < -0.3 is 14.2 Å². The lowest BCUT2D eigenvalue weighted by atomic mass is 10.1. The molecule has 36 heavy (non-hydrogen) atoms. The van der Waals surface area contributed by atoms with Gasteiger partial charge in [0.15, 0.2) is 11.5 Å². The zero-order valence-corrected chi connectivity index (χ0v) is 21.7. The van der Waals surface area contributed by atoms with Gasteiger partial charge in [-0.3, -0.25) is 10.1 Å². The van der Waals surface area contributed by atoms with Crippen molar-refractivity contribution >= 4 is 38.3 Å². The van der Waals surface area contributed by atoms with Crippen LogP contribution in [0.1, 0.15) is 16.7 Å². The second-order valence-corrected chi connectivity index (χ2v) is 10.9. The number of benzene rings is 2. The summed E-state index contributed by atoms with van der Waals surface area (Å²) in [5.41, 5.74) is 2.53. The molecule has 3 aromatic rings. The number of aryl methyl sites for hydroxylation is 2. The first-order valence-corrected chi connectivity index (χ1v) is 13.3. The van der Waals surface area contributed by atoms with Gasteiger partial charge in [0, 0.05) is 6.26 Å². The molecule has 0 bridgehead atoms. The Bertz CT molecular complexity index is 1420. The minimum absolute atomic E-state index is 0.0362. The number of carbonyl (C=O) groups is 1. The first-order chi connectivity index (χ1) is 17.1. The standard InChI is InChI=1S/C24H24N4O6S2/c1-15-9-16(2)11-19(10-15)33-7-8-34-20-6-5-17(13-21(20)32-3)12-18(14-25)22(29)26-23-27-28-24(35-23)36(4,30)31/h5-6,9-13H,7-8H2,1-4H3,(H,26,27,29)/b18-12-. The fourth-order valence-corrected chi connectivity index (χ4v) is 4.61. The summed E-state index contributed by atoms with van der Waals surface area (Å²) in [6.45, 7) is 4.62. The maximum absolute atomic E-state index is 12.5. The Kier molecular flexibility index (Phi) is 8.63. The molecule has 2 aromatic carbocycles. The molecule has 0 aliphatic rings. The Morgan fingerprint density at radius 2 is 1.78 bits per heavy atom. The van der Waals surface area contributed by atoms with E-state index in [1.807, 2.05) is 32.0 Å². The van der Waals surface area contributed by atoms with Gasteiger partial charge in [0.2, 0.25) is 19.3 Å². The van der Waals surface area contributed by atoms with Gasteiger partial charge in [-0.15, -0.1) is 10.2 Å². The van der Waals surface area contributed by atoms with Crippen LogP contribution in [-0.4, -0.2) is 51.1 Å². The Morgan fingerprint density at radius 3 is 2.39 bits per heavy atom. The van der Waals surface area contributed by atoms with Gasteiger partial charge in [0.25, 0.3) is 5.91 Å². The Labute approximate surface area is 213 Å². The molecule has 0 spiro atoms. The number of carbonyl (C=O) groups excluding carboxylic acids is 1. The number of anilines is 1. The number of methoxy groups -OCH3 is 1. The first kappa shape index (κ1) is 26.7. The van der Waals surface area contributed by atoms with Crippen molar-refractivity contribution in [3.63, 3.8) is 0 Å². The normalized spacial score (nSPS) is 11.5. The number of amides is 1. The topological polar surface area (TPSA) is 140 Å². The molecule has 12 heteroatoms. The van der Waals surface area contributed by atoms with E-state index in [4.69, 9.17) is 14.2 Å². The highest BCUT2D eigenvalue weighted by Gasteiger charge is 2.17. The summed E-state index contributed by atoms with van der Waals surface area (Å²) in [5, 5.41) is 18.9. The predicted molar refractivity (Wildman–Crippen MR) is 135 cm³/mol. The van der Waals surface area contributed by atoms with E-state index in [0.29, 0.717) is 35.0 Å². The molecule has 1 amide bonds. The summed E-state index contributed by atoms with van der Waals surface area (Å²) in [7, 11) is -2.07. The quantitative estimate of drug-likeness (QED) is 0.181. The van der Waals surface area contributed by atoms with Crippen LogP contribution in [0.4, 0.5) is 5.13 Å². The summed E-state index contributed by atoms with van der Waals surface area (Å²) in [5.74, 6) is 0.905. The number of hydrogen-bond acceptors (Lipinski definition) is 10. The monoisotopic (exact) mass is 528 g/mol. The van der Waals surface area contributed by atoms with Crippen LogP contribution in [0.2, 0.25) is 0 Å². The van der Waals surface area contributed by atoms with Crippen molar-refractivity contribution in [1.82, 2.24) is 10.2 Å². The maximum Gasteiger partial charge on any atom is 0.268 e. The van der Waals surface area contributed by atoms with Crippen molar-refractivity contribution in [3.8, 4) is 23.3 Å². The van der Waals surface area contributed by atoms with Crippen LogP contribution in [0.25, 0.3) is 6.08 Å². The molecule has 1 N–H and O–H groups in total. The molecule has 0 radical (unpaired) electrons. The van der Waals surface area contributed by atoms with Crippen LogP contribution >= 0.6 is 11.3 Å². The minimum Gasteiger partial charge on any atom is -0.493 e. The number of nitriles is 1. The molecule has 0 fully saturated rings. The highest BCUT2D eigenvalue weighted by Crippen LogP contribution is 2.29. The highest BCUT2D eigenvalue weighted by molar-refractivity contribution is 7.92. The first-order valence-electron chi connectivity index (χ1n) is 10.6. The number of aromatic nitrogens is 2. The van der Waals surface area contributed by atoms with E-state index in [-0.39, 0.29) is 21.7 Å². The Hall–Kier alpha value is -3.95. The van der Waals surface area contributed by atoms with Gasteiger partial charge in [-0.05, 0) is 60.9 Å². The molecular weight excluding hydrogens is 504 g/mol. The second-order valence-electron chi connectivity index (χ2n) is 7.70. The summed E-state index contributed by atoms with van der Waals surface area (Å²) >= 11 is 0.694.